The summed E-state index contributed by atoms with van der Waals surface area (Å²) in [4.78, 5) is 17.1. The van der Waals surface area contributed by atoms with Gasteiger partial charge < -0.3 is 16.0 Å². The monoisotopic (exact) mass is 420 g/mol. The predicted molar refractivity (Wildman–Crippen MR) is 112 cm³/mol. The Morgan fingerprint density at radius 2 is 1.81 bits per heavy atom. The molecule has 154 valence electrons. The van der Waals surface area contributed by atoms with Crippen molar-refractivity contribution >= 4 is 36.4 Å². The largest absolute Gasteiger partial charge is 0.369 e. The number of carbonyl (C=O) groups is 1. The lowest BCUT2D eigenvalue weighted by molar-refractivity contribution is -0.127. The van der Waals surface area contributed by atoms with E-state index in [2.05, 4.69) is 15.1 Å². The molecule has 1 amide bonds. The van der Waals surface area contributed by atoms with Crippen LogP contribution in [0.2, 0.25) is 0 Å². The normalized spacial score (nSPS) is 23.9. The first-order valence-corrected chi connectivity index (χ1v) is 9.33. The summed E-state index contributed by atoms with van der Waals surface area (Å²) in [6, 6.07) is 6.72. The lowest BCUT2D eigenvalue weighted by atomic mass is 10.0. The summed E-state index contributed by atoms with van der Waals surface area (Å²) in [5.41, 5.74) is 6.84. The minimum absolute atomic E-state index is 0. The van der Waals surface area contributed by atoms with E-state index in [-0.39, 0.29) is 48.6 Å². The fraction of sp³-hybridized carbons (Fsp3) is 0.632. The zero-order chi connectivity index (χ0) is 17.8. The molecule has 0 radical (unpaired) electrons. The molecule has 1 saturated carbocycles. The van der Waals surface area contributed by atoms with Crippen LogP contribution in [-0.4, -0.2) is 55.6 Å². The van der Waals surface area contributed by atoms with Crippen molar-refractivity contribution in [3.05, 3.63) is 30.1 Å². The molecule has 0 spiro atoms. The number of nitrogens with one attached hydrogen (secondary N) is 1. The molecule has 0 aromatic heterocycles. The van der Waals surface area contributed by atoms with Crippen LogP contribution in [-0.2, 0) is 4.79 Å². The molecule has 2 fully saturated rings. The molecule has 1 saturated heterocycles. The molecule has 27 heavy (non-hydrogen) atoms. The summed E-state index contributed by atoms with van der Waals surface area (Å²) in [6.45, 7) is 5.98. The Bertz CT molecular complexity index is 582. The third-order valence-electron chi connectivity index (χ3n) is 5.72. The maximum Gasteiger partial charge on any atom is 0.237 e. The molecule has 5 nitrogen and oxygen atoms in total. The first-order chi connectivity index (χ1) is 12.1. The highest BCUT2D eigenvalue weighted by atomic mass is 35.5. The lowest BCUT2D eigenvalue weighted by Gasteiger charge is -2.39. The summed E-state index contributed by atoms with van der Waals surface area (Å²) in [5, 5.41) is 3.21. The van der Waals surface area contributed by atoms with Crippen LogP contribution in [0.15, 0.2) is 24.3 Å². The molecule has 3 atom stereocenters. The number of hydrogen-bond donors (Lipinski definition) is 2. The van der Waals surface area contributed by atoms with Crippen molar-refractivity contribution in [2.24, 2.45) is 11.7 Å². The number of rotatable bonds is 5. The summed E-state index contributed by atoms with van der Waals surface area (Å²) >= 11 is 0. The summed E-state index contributed by atoms with van der Waals surface area (Å²) in [6.07, 6.45) is 3.31. The number of carbonyl (C=O) groups excluding carboxylic acids is 1. The number of anilines is 1. The third-order valence-corrected chi connectivity index (χ3v) is 5.72. The van der Waals surface area contributed by atoms with Gasteiger partial charge in [0.2, 0.25) is 5.91 Å². The molecular weight excluding hydrogens is 390 g/mol. The van der Waals surface area contributed by atoms with Crippen molar-refractivity contribution in [1.29, 1.82) is 0 Å². The molecule has 1 aromatic carbocycles. The van der Waals surface area contributed by atoms with E-state index in [9.17, 15) is 9.18 Å². The highest BCUT2D eigenvalue weighted by Crippen LogP contribution is 2.25. The molecule has 8 heteroatoms. The predicted octanol–water partition coefficient (Wildman–Crippen LogP) is 2.42. The van der Waals surface area contributed by atoms with E-state index in [1.165, 1.54) is 12.1 Å². The van der Waals surface area contributed by atoms with E-state index in [4.69, 9.17) is 5.73 Å². The van der Waals surface area contributed by atoms with E-state index in [1.54, 1.807) is 0 Å². The van der Waals surface area contributed by atoms with E-state index in [0.29, 0.717) is 12.5 Å². The minimum Gasteiger partial charge on any atom is -0.369 e. The SMILES string of the molecule is CC(C(=O)NC1CCCC1CN)N1CCN(c2ccc(F)cc2)CC1.Cl.Cl. The Kier molecular flexibility index (Phi) is 9.81. The van der Waals surface area contributed by atoms with Gasteiger partial charge in [0.1, 0.15) is 5.82 Å². The summed E-state index contributed by atoms with van der Waals surface area (Å²) in [5.74, 6) is 0.322. The van der Waals surface area contributed by atoms with Crippen LogP contribution >= 0.6 is 24.8 Å². The van der Waals surface area contributed by atoms with Crippen LogP contribution in [0.5, 0.6) is 0 Å². The number of benzene rings is 1. The maximum atomic E-state index is 13.1. The van der Waals surface area contributed by atoms with Crippen molar-refractivity contribution in [2.45, 2.75) is 38.3 Å². The topological polar surface area (TPSA) is 61.6 Å². The second-order valence-electron chi connectivity index (χ2n) is 7.22. The van der Waals surface area contributed by atoms with E-state index < -0.39 is 0 Å². The van der Waals surface area contributed by atoms with Crippen LogP contribution in [0.1, 0.15) is 26.2 Å². The summed E-state index contributed by atoms with van der Waals surface area (Å²) in [7, 11) is 0. The van der Waals surface area contributed by atoms with Gasteiger partial charge in [-0.1, -0.05) is 6.42 Å². The molecule has 3 rings (SSSR count). The van der Waals surface area contributed by atoms with Crippen molar-refractivity contribution in [2.75, 3.05) is 37.6 Å². The van der Waals surface area contributed by atoms with Crippen LogP contribution < -0.4 is 16.0 Å². The zero-order valence-corrected chi connectivity index (χ0v) is 17.4. The van der Waals surface area contributed by atoms with Crippen LogP contribution in [0, 0.1) is 11.7 Å². The Morgan fingerprint density at radius 1 is 1.19 bits per heavy atom. The van der Waals surface area contributed by atoms with Gasteiger partial charge in [0.15, 0.2) is 0 Å². The molecule has 2 aliphatic rings. The fourth-order valence-electron chi connectivity index (χ4n) is 4.00. The Hall–Kier alpha value is -1.08. The van der Waals surface area contributed by atoms with Crippen molar-refractivity contribution < 1.29 is 9.18 Å². The van der Waals surface area contributed by atoms with Crippen LogP contribution in [0.3, 0.4) is 0 Å². The van der Waals surface area contributed by atoms with Gasteiger partial charge in [-0.15, -0.1) is 24.8 Å². The van der Waals surface area contributed by atoms with Gasteiger partial charge in [0, 0.05) is 37.9 Å². The number of nitrogens with zero attached hydrogens (tertiary/aromatic N) is 2. The molecular formula is C19H31Cl2FN4O. The van der Waals surface area contributed by atoms with Gasteiger partial charge in [0.25, 0.3) is 0 Å². The van der Waals surface area contributed by atoms with Gasteiger partial charge in [-0.2, -0.15) is 0 Å². The van der Waals surface area contributed by atoms with E-state index in [1.807, 2.05) is 19.1 Å². The average Bonchev–Trinajstić information content (AvgIpc) is 3.09. The molecule has 3 N–H and O–H groups in total. The molecule has 1 aliphatic carbocycles. The number of piperazine rings is 1. The van der Waals surface area contributed by atoms with Gasteiger partial charge in [0.05, 0.1) is 6.04 Å². The molecule has 3 unspecified atom stereocenters. The lowest BCUT2D eigenvalue weighted by Crippen LogP contribution is -2.55. The van der Waals surface area contributed by atoms with Gasteiger partial charge in [-0.05, 0) is 56.5 Å². The second kappa shape index (κ2) is 11.1. The average molecular weight is 421 g/mol. The smallest absolute Gasteiger partial charge is 0.237 e. The van der Waals surface area contributed by atoms with Crippen LogP contribution in [0.4, 0.5) is 10.1 Å². The highest BCUT2D eigenvalue weighted by molar-refractivity contribution is 5.85. The van der Waals surface area contributed by atoms with E-state index >= 15 is 0 Å². The molecule has 1 heterocycles. The number of halogens is 3. The molecule has 1 aromatic rings. The van der Waals surface area contributed by atoms with Crippen molar-refractivity contribution in [3.8, 4) is 0 Å². The Balaban J connectivity index is 0.00000182. The van der Waals surface area contributed by atoms with Gasteiger partial charge >= 0.3 is 0 Å². The highest BCUT2D eigenvalue weighted by Gasteiger charge is 2.31. The van der Waals surface area contributed by atoms with Crippen LogP contribution in [0.25, 0.3) is 0 Å². The van der Waals surface area contributed by atoms with Gasteiger partial charge in [-0.3, -0.25) is 9.69 Å². The fourth-order valence-corrected chi connectivity index (χ4v) is 4.00. The first kappa shape index (κ1) is 24.0. The summed E-state index contributed by atoms with van der Waals surface area (Å²) < 4.78 is 13.1. The maximum absolute atomic E-state index is 13.1. The Labute approximate surface area is 173 Å². The quantitative estimate of drug-likeness (QED) is 0.767. The molecule has 0 bridgehead atoms. The third kappa shape index (κ3) is 5.95. The van der Waals surface area contributed by atoms with E-state index in [0.717, 1.165) is 51.1 Å². The first-order valence-electron chi connectivity index (χ1n) is 9.33. The zero-order valence-electron chi connectivity index (χ0n) is 15.8. The standard InChI is InChI=1S/C19H29FN4O.2ClH/c1-14(19(25)22-18-4-2-3-15(18)13-21)23-9-11-24(12-10-23)17-7-5-16(20)6-8-17;;/h5-8,14-15,18H,2-4,9-13,21H2,1H3,(H,22,25);2*1H. The number of hydrogen-bond acceptors (Lipinski definition) is 4. The van der Waals surface area contributed by atoms with Crippen molar-refractivity contribution in [1.82, 2.24) is 10.2 Å². The number of nitrogens with two attached hydrogens (primary N) is 1. The Morgan fingerprint density at radius 3 is 2.41 bits per heavy atom. The van der Waals surface area contributed by atoms with Crippen molar-refractivity contribution in [3.63, 3.8) is 0 Å². The molecule has 1 aliphatic heterocycles. The second-order valence-corrected chi connectivity index (χ2v) is 7.22. The minimum atomic E-state index is -0.213. The van der Waals surface area contributed by atoms with Gasteiger partial charge in [-0.25, -0.2) is 4.39 Å². The number of amides is 1.